The van der Waals surface area contributed by atoms with Crippen LogP contribution in [0.2, 0.25) is 0 Å². The van der Waals surface area contributed by atoms with Crippen LogP contribution in [0.25, 0.3) is 0 Å². The quantitative estimate of drug-likeness (QED) is 0.783. The van der Waals surface area contributed by atoms with Crippen LogP contribution < -0.4 is 4.90 Å². The van der Waals surface area contributed by atoms with Crippen LogP contribution in [0.1, 0.15) is 12.1 Å². The van der Waals surface area contributed by atoms with Gasteiger partial charge in [-0.25, -0.2) is 18.4 Å². The molecule has 0 amide bonds. The van der Waals surface area contributed by atoms with Crippen molar-refractivity contribution in [3.8, 4) is 6.07 Å². The maximum Gasteiger partial charge on any atom is 0.323 e. The molecule has 0 radical (unpaired) electrons. The van der Waals surface area contributed by atoms with Gasteiger partial charge in [-0.15, -0.1) is 0 Å². The number of carboxylic acids is 1. The maximum absolute atomic E-state index is 11.5. The normalized spacial score (nSPS) is 20.2. The molecule has 1 fully saturated rings. The highest BCUT2D eigenvalue weighted by molar-refractivity contribution is 7.91. The molecule has 9 heteroatoms. The van der Waals surface area contributed by atoms with Crippen molar-refractivity contribution in [2.24, 2.45) is 0 Å². The van der Waals surface area contributed by atoms with E-state index in [1.54, 1.807) is 0 Å². The standard InChI is InChI=1S/C11H12N4O4S/c12-3-8-4-14-10(5-13-8)15(6-11(16)17)9-1-2-20(18,19)7-9/h4-5,9H,1-2,6-7H2,(H,16,17). The van der Waals surface area contributed by atoms with Crippen molar-refractivity contribution in [3.05, 3.63) is 18.1 Å². The Morgan fingerprint density at radius 3 is 2.70 bits per heavy atom. The van der Waals surface area contributed by atoms with Gasteiger partial charge in [0.25, 0.3) is 0 Å². The summed E-state index contributed by atoms with van der Waals surface area (Å²) < 4.78 is 23.0. The van der Waals surface area contributed by atoms with Crippen LogP contribution in [0.15, 0.2) is 12.4 Å². The smallest absolute Gasteiger partial charge is 0.323 e. The number of nitrogens with zero attached hydrogens (tertiary/aromatic N) is 4. The van der Waals surface area contributed by atoms with Gasteiger partial charge in [0.1, 0.15) is 18.4 Å². The van der Waals surface area contributed by atoms with E-state index in [-0.39, 0.29) is 29.6 Å². The fourth-order valence-corrected chi connectivity index (χ4v) is 3.82. The average Bonchev–Trinajstić information content (AvgIpc) is 2.76. The zero-order valence-corrected chi connectivity index (χ0v) is 11.2. The van der Waals surface area contributed by atoms with Gasteiger partial charge >= 0.3 is 5.97 Å². The molecule has 8 nitrogen and oxygen atoms in total. The number of anilines is 1. The monoisotopic (exact) mass is 296 g/mol. The van der Waals surface area contributed by atoms with Crippen molar-refractivity contribution < 1.29 is 18.3 Å². The highest BCUT2D eigenvalue weighted by atomic mass is 32.2. The van der Waals surface area contributed by atoms with Crippen LogP contribution in [-0.2, 0) is 14.6 Å². The summed E-state index contributed by atoms with van der Waals surface area (Å²) in [5, 5.41) is 17.6. The number of aromatic nitrogens is 2. The molecule has 0 aliphatic carbocycles. The van der Waals surface area contributed by atoms with Gasteiger partial charge in [0, 0.05) is 6.04 Å². The van der Waals surface area contributed by atoms with E-state index in [0.29, 0.717) is 6.42 Å². The molecule has 1 aliphatic rings. The van der Waals surface area contributed by atoms with Crippen molar-refractivity contribution in [2.45, 2.75) is 12.5 Å². The van der Waals surface area contributed by atoms with E-state index >= 15 is 0 Å². The molecular weight excluding hydrogens is 284 g/mol. The Morgan fingerprint density at radius 2 is 2.25 bits per heavy atom. The molecule has 0 bridgehead atoms. The molecule has 1 saturated heterocycles. The van der Waals surface area contributed by atoms with Gasteiger partial charge in [-0.05, 0) is 6.42 Å². The van der Waals surface area contributed by atoms with Gasteiger partial charge in [0.2, 0.25) is 0 Å². The highest BCUT2D eigenvalue weighted by Gasteiger charge is 2.34. The molecule has 20 heavy (non-hydrogen) atoms. The minimum absolute atomic E-state index is 0.0392. The predicted molar refractivity (Wildman–Crippen MR) is 68.8 cm³/mol. The Labute approximate surface area is 115 Å². The summed E-state index contributed by atoms with van der Waals surface area (Å²) in [5.41, 5.74) is 0.114. The van der Waals surface area contributed by atoms with Crippen molar-refractivity contribution in [3.63, 3.8) is 0 Å². The van der Waals surface area contributed by atoms with Crippen LogP contribution in [0, 0.1) is 11.3 Å². The molecule has 0 saturated carbocycles. The van der Waals surface area contributed by atoms with Crippen LogP contribution in [0.5, 0.6) is 0 Å². The number of hydrogen-bond donors (Lipinski definition) is 1. The molecular formula is C11H12N4O4S. The first-order valence-corrected chi connectivity index (χ1v) is 7.64. The first kappa shape index (κ1) is 14.2. The summed E-state index contributed by atoms with van der Waals surface area (Å²) in [7, 11) is -3.13. The summed E-state index contributed by atoms with van der Waals surface area (Å²) in [6, 6.07) is 1.38. The lowest BCUT2D eigenvalue weighted by Crippen LogP contribution is -2.40. The number of nitriles is 1. The van der Waals surface area contributed by atoms with Gasteiger partial charge in [0.05, 0.1) is 23.9 Å². The largest absolute Gasteiger partial charge is 0.480 e. The van der Waals surface area contributed by atoms with Gasteiger partial charge in [-0.3, -0.25) is 4.79 Å². The second kappa shape index (κ2) is 5.42. The van der Waals surface area contributed by atoms with E-state index in [1.807, 2.05) is 6.07 Å². The first-order valence-electron chi connectivity index (χ1n) is 5.82. The first-order chi connectivity index (χ1) is 9.41. The third-order valence-electron chi connectivity index (χ3n) is 3.00. The Hall–Kier alpha value is -2.21. The third-order valence-corrected chi connectivity index (χ3v) is 4.75. The van der Waals surface area contributed by atoms with Gasteiger partial charge < -0.3 is 10.0 Å². The molecule has 1 N–H and O–H groups in total. The molecule has 1 aliphatic heterocycles. The molecule has 2 rings (SSSR count). The predicted octanol–water partition coefficient (Wildman–Crippen LogP) is -0.574. The van der Waals surface area contributed by atoms with Crippen molar-refractivity contribution in [1.82, 2.24) is 9.97 Å². The lowest BCUT2D eigenvalue weighted by atomic mass is 10.2. The average molecular weight is 296 g/mol. The Kier molecular flexibility index (Phi) is 3.85. The Morgan fingerprint density at radius 1 is 1.50 bits per heavy atom. The lowest BCUT2D eigenvalue weighted by molar-refractivity contribution is -0.135. The van der Waals surface area contributed by atoms with Gasteiger partial charge in [-0.2, -0.15) is 5.26 Å². The van der Waals surface area contributed by atoms with E-state index < -0.39 is 21.8 Å². The summed E-state index contributed by atoms with van der Waals surface area (Å²) in [6.07, 6.45) is 2.87. The van der Waals surface area contributed by atoms with Crippen molar-refractivity contribution in [1.29, 1.82) is 5.26 Å². The van der Waals surface area contributed by atoms with E-state index in [1.165, 1.54) is 17.3 Å². The van der Waals surface area contributed by atoms with Crippen LogP contribution in [0.4, 0.5) is 5.82 Å². The van der Waals surface area contributed by atoms with Gasteiger partial charge in [-0.1, -0.05) is 0 Å². The summed E-state index contributed by atoms with van der Waals surface area (Å²) in [5.74, 6) is -0.881. The SMILES string of the molecule is N#Cc1cnc(N(CC(=O)O)C2CCS(=O)(=O)C2)cn1. The Bertz CT molecular complexity index is 650. The number of hydrogen-bond acceptors (Lipinski definition) is 7. The number of aliphatic carboxylic acids is 1. The Balaban J connectivity index is 2.27. The topological polar surface area (TPSA) is 124 Å². The van der Waals surface area contributed by atoms with Crippen LogP contribution in [-0.4, -0.2) is 53.6 Å². The van der Waals surface area contributed by atoms with E-state index in [0.717, 1.165) is 0 Å². The molecule has 1 unspecified atom stereocenters. The zero-order chi connectivity index (χ0) is 14.8. The summed E-state index contributed by atoms with van der Waals surface area (Å²) in [6.45, 7) is -0.360. The van der Waals surface area contributed by atoms with Crippen LogP contribution in [0.3, 0.4) is 0 Å². The van der Waals surface area contributed by atoms with Crippen molar-refractivity contribution >= 4 is 21.6 Å². The zero-order valence-electron chi connectivity index (χ0n) is 10.4. The van der Waals surface area contributed by atoms with Gasteiger partial charge in [0.15, 0.2) is 15.5 Å². The molecule has 106 valence electrons. The maximum atomic E-state index is 11.5. The number of rotatable bonds is 4. The molecule has 2 heterocycles. The van der Waals surface area contributed by atoms with Crippen LogP contribution >= 0.6 is 0 Å². The molecule has 0 aromatic carbocycles. The fourth-order valence-electron chi connectivity index (χ4n) is 2.09. The van der Waals surface area contributed by atoms with E-state index in [9.17, 15) is 13.2 Å². The lowest BCUT2D eigenvalue weighted by Gasteiger charge is -2.27. The molecule has 1 atom stereocenters. The second-order valence-corrected chi connectivity index (χ2v) is 6.68. The van der Waals surface area contributed by atoms with E-state index in [2.05, 4.69) is 9.97 Å². The summed E-state index contributed by atoms with van der Waals surface area (Å²) in [4.78, 5) is 20.1. The third kappa shape index (κ3) is 3.21. The highest BCUT2D eigenvalue weighted by Crippen LogP contribution is 2.22. The van der Waals surface area contributed by atoms with Crippen molar-refractivity contribution in [2.75, 3.05) is 23.0 Å². The fraction of sp³-hybridized carbons (Fsp3) is 0.455. The second-order valence-electron chi connectivity index (χ2n) is 4.45. The molecule has 0 spiro atoms. The van der Waals surface area contributed by atoms with E-state index in [4.69, 9.17) is 10.4 Å². The number of sulfone groups is 1. The summed E-state index contributed by atoms with van der Waals surface area (Å²) >= 11 is 0. The number of carboxylic acid groups (broad SMARTS) is 1. The minimum Gasteiger partial charge on any atom is -0.480 e. The number of carbonyl (C=O) groups is 1. The molecule has 1 aromatic heterocycles. The molecule has 1 aromatic rings. The minimum atomic E-state index is -3.13.